The van der Waals surface area contributed by atoms with E-state index in [2.05, 4.69) is 24.4 Å². The molecule has 2 fully saturated rings. The maximum absolute atomic E-state index is 3.56. The lowest BCUT2D eigenvalue weighted by molar-refractivity contribution is 0.505. The van der Waals surface area contributed by atoms with Gasteiger partial charge in [-0.1, -0.05) is 12.2 Å². The Hall–Kier alpha value is -0.300. The van der Waals surface area contributed by atoms with Gasteiger partial charge in [0.05, 0.1) is 0 Å². The summed E-state index contributed by atoms with van der Waals surface area (Å²) in [5.41, 5.74) is 0. The molecule has 62 valence electrons. The molecule has 11 heavy (non-hydrogen) atoms. The third-order valence-corrected chi connectivity index (χ3v) is 3.00. The first kappa shape index (κ1) is 7.35. The highest BCUT2D eigenvalue weighted by Gasteiger charge is 2.45. The lowest BCUT2D eigenvalue weighted by Crippen LogP contribution is -2.27. The van der Waals surface area contributed by atoms with Crippen molar-refractivity contribution < 1.29 is 0 Å². The molecule has 0 radical (unpaired) electrons. The Labute approximate surface area is 68.9 Å². The summed E-state index contributed by atoms with van der Waals surface area (Å²) in [6.45, 7) is 3.15. The summed E-state index contributed by atoms with van der Waals surface area (Å²) in [5, 5.41) is 3.56. The third-order valence-electron chi connectivity index (χ3n) is 3.00. The van der Waals surface area contributed by atoms with Gasteiger partial charge in [-0.05, 0) is 38.0 Å². The van der Waals surface area contributed by atoms with Gasteiger partial charge in [0.2, 0.25) is 0 Å². The largest absolute Gasteiger partial charge is 0.311 e. The van der Waals surface area contributed by atoms with Crippen molar-refractivity contribution in [3.63, 3.8) is 0 Å². The molecule has 2 atom stereocenters. The van der Waals surface area contributed by atoms with Gasteiger partial charge in [0.1, 0.15) is 0 Å². The Morgan fingerprint density at radius 1 is 1.27 bits per heavy atom. The molecule has 0 aromatic heterocycles. The van der Waals surface area contributed by atoms with Crippen LogP contribution in [-0.4, -0.2) is 12.6 Å². The van der Waals surface area contributed by atoms with Crippen molar-refractivity contribution in [2.45, 2.75) is 32.2 Å². The molecule has 2 unspecified atom stereocenters. The Morgan fingerprint density at radius 3 is 2.64 bits per heavy atom. The van der Waals surface area contributed by atoms with E-state index in [1.54, 1.807) is 0 Å². The normalized spacial score (nSPS) is 41.4. The predicted molar refractivity (Wildman–Crippen MR) is 47.4 cm³/mol. The van der Waals surface area contributed by atoms with E-state index in [9.17, 15) is 0 Å². The minimum absolute atomic E-state index is 0.843. The highest BCUT2D eigenvalue weighted by molar-refractivity contribution is 4.99. The van der Waals surface area contributed by atoms with Crippen molar-refractivity contribution in [2.24, 2.45) is 11.8 Å². The number of hydrogen-bond acceptors (Lipinski definition) is 1. The number of hydrogen-bond donors (Lipinski definition) is 1. The highest BCUT2D eigenvalue weighted by Crippen LogP contribution is 2.51. The quantitative estimate of drug-likeness (QED) is 0.608. The zero-order valence-corrected chi connectivity index (χ0v) is 7.22. The summed E-state index contributed by atoms with van der Waals surface area (Å²) in [4.78, 5) is 0. The van der Waals surface area contributed by atoms with Crippen LogP contribution in [-0.2, 0) is 0 Å². The average molecular weight is 151 g/mol. The van der Waals surface area contributed by atoms with Gasteiger partial charge >= 0.3 is 0 Å². The lowest BCUT2D eigenvalue weighted by Gasteiger charge is -2.11. The maximum atomic E-state index is 3.56. The number of nitrogens with one attached hydrogen (secondary N) is 1. The van der Waals surface area contributed by atoms with Crippen LogP contribution in [0.2, 0.25) is 0 Å². The molecular weight excluding hydrogens is 134 g/mol. The monoisotopic (exact) mass is 151 g/mol. The molecule has 2 aliphatic rings. The van der Waals surface area contributed by atoms with Gasteiger partial charge in [-0.25, -0.2) is 0 Å². The van der Waals surface area contributed by atoms with Crippen LogP contribution in [0.5, 0.6) is 0 Å². The van der Waals surface area contributed by atoms with E-state index in [4.69, 9.17) is 0 Å². The third kappa shape index (κ3) is 1.64. The molecule has 1 heteroatoms. The highest BCUT2D eigenvalue weighted by atomic mass is 14.9. The molecule has 0 aromatic carbocycles. The summed E-state index contributed by atoms with van der Waals surface area (Å²) in [5.74, 6) is 2.22. The standard InChI is InChI=1S/C10H17N/c1-2-3-4-11-10-6-8-5-9(8)7-10/h2-3,8-11H,4-7H2,1H3/b3-2+. The molecule has 0 spiro atoms. The van der Waals surface area contributed by atoms with Crippen LogP contribution >= 0.6 is 0 Å². The van der Waals surface area contributed by atoms with Gasteiger partial charge < -0.3 is 5.32 Å². The predicted octanol–water partition coefficient (Wildman–Crippen LogP) is 1.95. The first-order valence-corrected chi connectivity index (χ1v) is 4.74. The van der Waals surface area contributed by atoms with Crippen molar-refractivity contribution in [3.05, 3.63) is 12.2 Å². The van der Waals surface area contributed by atoms with Gasteiger partial charge in [-0.15, -0.1) is 0 Å². The van der Waals surface area contributed by atoms with Crippen molar-refractivity contribution in [1.29, 1.82) is 0 Å². The Bertz CT molecular complexity index is 152. The van der Waals surface area contributed by atoms with Gasteiger partial charge in [-0.3, -0.25) is 0 Å². The number of fused-ring (bicyclic) bond motifs is 1. The van der Waals surface area contributed by atoms with Crippen molar-refractivity contribution in [3.8, 4) is 0 Å². The van der Waals surface area contributed by atoms with Gasteiger partial charge in [0, 0.05) is 12.6 Å². The van der Waals surface area contributed by atoms with E-state index in [1.165, 1.54) is 19.3 Å². The summed E-state index contributed by atoms with van der Waals surface area (Å²) in [6, 6.07) is 0.843. The fraction of sp³-hybridized carbons (Fsp3) is 0.800. The Kier molecular flexibility index (Phi) is 1.99. The number of rotatable bonds is 3. The topological polar surface area (TPSA) is 12.0 Å². The molecule has 1 N–H and O–H groups in total. The smallest absolute Gasteiger partial charge is 0.0137 e. The molecule has 2 aliphatic carbocycles. The second kappa shape index (κ2) is 2.98. The second-order valence-corrected chi connectivity index (χ2v) is 3.90. The Morgan fingerprint density at radius 2 is 2.00 bits per heavy atom. The van der Waals surface area contributed by atoms with Crippen molar-refractivity contribution >= 4 is 0 Å². The molecule has 0 saturated heterocycles. The lowest BCUT2D eigenvalue weighted by atomic mass is 10.1. The van der Waals surface area contributed by atoms with Crippen LogP contribution in [0.1, 0.15) is 26.2 Å². The molecule has 0 bridgehead atoms. The molecule has 2 rings (SSSR count). The van der Waals surface area contributed by atoms with Crippen LogP contribution < -0.4 is 5.32 Å². The average Bonchev–Trinajstić information content (AvgIpc) is 2.61. The van der Waals surface area contributed by atoms with E-state index in [0.29, 0.717) is 0 Å². The van der Waals surface area contributed by atoms with Gasteiger partial charge in [0.25, 0.3) is 0 Å². The van der Waals surface area contributed by atoms with Crippen LogP contribution in [0.15, 0.2) is 12.2 Å². The molecule has 0 aromatic rings. The molecule has 0 aliphatic heterocycles. The summed E-state index contributed by atoms with van der Waals surface area (Å²) in [6.07, 6.45) is 8.73. The van der Waals surface area contributed by atoms with Crippen LogP contribution in [0.3, 0.4) is 0 Å². The molecule has 1 nitrogen and oxygen atoms in total. The summed E-state index contributed by atoms with van der Waals surface area (Å²) in [7, 11) is 0. The first-order chi connectivity index (χ1) is 5.40. The van der Waals surface area contributed by atoms with E-state index in [-0.39, 0.29) is 0 Å². The minimum Gasteiger partial charge on any atom is -0.311 e. The molecule has 0 heterocycles. The zero-order valence-electron chi connectivity index (χ0n) is 7.22. The second-order valence-electron chi connectivity index (χ2n) is 3.90. The van der Waals surface area contributed by atoms with E-state index >= 15 is 0 Å². The van der Waals surface area contributed by atoms with Gasteiger partial charge in [-0.2, -0.15) is 0 Å². The molecule has 0 amide bonds. The first-order valence-electron chi connectivity index (χ1n) is 4.74. The van der Waals surface area contributed by atoms with E-state index in [1.807, 2.05) is 0 Å². The Balaban J connectivity index is 1.64. The molecular formula is C10H17N. The van der Waals surface area contributed by atoms with Crippen LogP contribution in [0, 0.1) is 11.8 Å². The summed E-state index contributed by atoms with van der Waals surface area (Å²) < 4.78 is 0. The maximum Gasteiger partial charge on any atom is 0.0137 e. The summed E-state index contributed by atoms with van der Waals surface area (Å²) >= 11 is 0. The fourth-order valence-corrected chi connectivity index (χ4v) is 2.23. The van der Waals surface area contributed by atoms with Crippen LogP contribution in [0.25, 0.3) is 0 Å². The minimum atomic E-state index is 0.843. The van der Waals surface area contributed by atoms with Gasteiger partial charge in [0.15, 0.2) is 0 Å². The zero-order chi connectivity index (χ0) is 7.68. The SMILES string of the molecule is C/C=C/CNC1CC2CC2C1. The van der Waals surface area contributed by atoms with E-state index < -0.39 is 0 Å². The number of allylic oxidation sites excluding steroid dienone is 1. The van der Waals surface area contributed by atoms with Crippen molar-refractivity contribution in [2.75, 3.05) is 6.54 Å². The van der Waals surface area contributed by atoms with Crippen LogP contribution in [0.4, 0.5) is 0 Å². The fourth-order valence-electron chi connectivity index (χ4n) is 2.23. The van der Waals surface area contributed by atoms with Crippen molar-refractivity contribution in [1.82, 2.24) is 5.32 Å². The molecule has 2 saturated carbocycles. The van der Waals surface area contributed by atoms with E-state index in [0.717, 1.165) is 24.4 Å².